The summed E-state index contributed by atoms with van der Waals surface area (Å²) < 4.78 is 2.21. The highest BCUT2D eigenvalue weighted by molar-refractivity contribution is 7.80. The van der Waals surface area contributed by atoms with Gasteiger partial charge in [-0.15, -0.1) is 0 Å². The zero-order chi connectivity index (χ0) is 22.2. The first-order valence-corrected chi connectivity index (χ1v) is 11.1. The van der Waals surface area contributed by atoms with E-state index in [-0.39, 0.29) is 17.8 Å². The van der Waals surface area contributed by atoms with Crippen molar-refractivity contribution in [3.05, 3.63) is 107 Å². The first kappa shape index (κ1) is 20.5. The van der Waals surface area contributed by atoms with E-state index in [2.05, 4.69) is 46.1 Å². The molecule has 5 rings (SSSR count). The molecule has 2 atom stereocenters. The van der Waals surface area contributed by atoms with Crippen molar-refractivity contribution in [2.75, 3.05) is 4.90 Å². The van der Waals surface area contributed by atoms with Crippen LogP contribution in [-0.4, -0.2) is 19.8 Å². The van der Waals surface area contributed by atoms with Gasteiger partial charge in [-0.2, -0.15) is 0 Å². The standard InChI is InChI=1S/C25H21ClN4OS/c1-16-10-12-20(29(16)18-7-3-2-4-8-18)24-23(19-9-5-6-14-27-19)28-25(32)30(24)21-15-17(26)11-13-22(21)31/h2-15,23-24,31H,1H3,(H,28,32). The van der Waals surface area contributed by atoms with E-state index in [4.69, 9.17) is 23.8 Å². The first-order chi connectivity index (χ1) is 15.5. The Hall–Kier alpha value is -3.35. The van der Waals surface area contributed by atoms with Gasteiger partial charge in [-0.3, -0.25) is 4.98 Å². The summed E-state index contributed by atoms with van der Waals surface area (Å²) in [6.45, 7) is 2.08. The van der Waals surface area contributed by atoms with Gasteiger partial charge in [-0.25, -0.2) is 0 Å². The van der Waals surface area contributed by atoms with Gasteiger partial charge in [0.1, 0.15) is 11.8 Å². The number of hydrogen-bond acceptors (Lipinski definition) is 3. The first-order valence-electron chi connectivity index (χ1n) is 10.3. The maximum Gasteiger partial charge on any atom is 0.174 e. The Morgan fingerprint density at radius 1 is 1.00 bits per heavy atom. The van der Waals surface area contributed by atoms with E-state index in [1.54, 1.807) is 24.4 Å². The van der Waals surface area contributed by atoms with Crippen LogP contribution in [0, 0.1) is 6.92 Å². The molecule has 0 saturated carbocycles. The number of aromatic hydroxyl groups is 1. The lowest BCUT2D eigenvalue weighted by atomic mass is 10.0. The smallest absolute Gasteiger partial charge is 0.174 e. The summed E-state index contributed by atoms with van der Waals surface area (Å²) in [6, 6.07) is 24.7. The number of halogens is 1. The number of aromatic nitrogens is 2. The number of thiocarbonyl (C=S) groups is 1. The third-order valence-electron chi connectivity index (χ3n) is 5.72. The van der Waals surface area contributed by atoms with Crippen molar-refractivity contribution < 1.29 is 5.11 Å². The Balaban J connectivity index is 1.73. The Morgan fingerprint density at radius 2 is 1.78 bits per heavy atom. The quantitative estimate of drug-likeness (QED) is 0.381. The van der Waals surface area contributed by atoms with Crippen LogP contribution in [0.2, 0.25) is 5.02 Å². The van der Waals surface area contributed by atoms with Crippen molar-refractivity contribution in [1.29, 1.82) is 0 Å². The number of anilines is 1. The fraction of sp³-hybridized carbons (Fsp3) is 0.120. The number of benzene rings is 2. The Labute approximate surface area is 196 Å². The predicted octanol–water partition coefficient (Wildman–Crippen LogP) is 5.72. The molecule has 1 saturated heterocycles. The van der Waals surface area contributed by atoms with Crippen molar-refractivity contribution in [3.8, 4) is 11.4 Å². The molecular weight excluding hydrogens is 440 g/mol. The van der Waals surface area contributed by atoms with Crippen LogP contribution in [0.4, 0.5) is 5.69 Å². The zero-order valence-electron chi connectivity index (χ0n) is 17.3. The molecule has 1 aliphatic heterocycles. The highest BCUT2D eigenvalue weighted by Gasteiger charge is 2.43. The molecule has 0 aliphatic carbocycles. The number of phenolic OH excluding ortho intramolecular Hbond substituents is 1. The monoisotopic (exact) mass is 460 g/mol. The highest BCUT2D eigenvalue weighted by atomic mass is 35.5. The zero-order valence-corrected chi connectivity index (χ0v) is 18.9. The van der Waals surface area contributed by atoms with Gasteiger partial charge in [-0.1, -0.05) is 35.9 Å². The van der Waals surface area contributed by atoms with E-state index >= 15 is 0 Å². The molecule has 4 aromatic rings. The molecule has 160 valence electrons. The molecule has 0 bridgehead atoms. The second-order valence-electron chi connectivity index (χ2n) is 7.70. The lowest BCUT2D eigenvalue weighted by Gasteiger charge is -2.29. The molecule has 1 aliphatic rings. The molecule has 2 aromatic carbocycles. The summed E-state index contributed by atoms with van der Waals surface area (Å²) in [5.41, 5.74) is 4.59. The van der Waals surface area contributed by atoms with Crippen molar-refractivity contribution in [3.63, 3.8) is 0 Å². The summed E-state index contributed by atoms with van der Waals surface area (Å²) in [5.74, 6) is 0.111. The van der Waals surface area contributed by atoms with E-state index in [9.17, 15) is 5.11 Å². The summed E-state index contributed by atoms with van der Waals surface area (Å²) >= 11 is 12.1. The number of rotatable bonds is 4. The molecule has 7 heteroatoms. The molecule has 2 N–H and O–H groups in total. The fourth-order valence-corrected chi connectivity index (χ4v) is 4.83. The van der Waals surface area contributed by atoms with Crippen molar-refractivity contribution in [2.24, 2.45) is 0 Å². The summed E-state index contributed by atoms with van der Waals surface area (Å²) in [6.07, 6.45) is 1.78. The van der Waals surface area contributed by atoms with E-state index < -0.39 is 0 Å². The summed E-state index contributed by atoms with van der Waals surface area (Å²) in [4.78, 5) is 6.54. The Kier molecular flexibility index (Phi) is 5.33. The Morgan fingerprint density at radius 3 is 2.53 bits per heavy atom. The lowest BCUT2D eigenvalue weighted by molar-refractivity contribution is 0.472. The van der Waals surface area contributed by atoms with Crippen molar-refractivity contribution in [2.45, 2.75) is 19.0 Å². The highest BCUT2D eigenvalue weighted by Crippen LogP contribution is 2.45. The molecule has 1 fully saturated rings. The van der Waals surface area contributed by atoms with E-state index in [0.717, 1.165) is 22.8 Å². The number of pyridine rings is 1. The largest absolute Gasteiger partial charge is 0.506 e. The number of nitrogens with one attached hydrogen (secondary N) is 1. The summed E-state index contributed by atoms with van der Waals surface area (Å²) in [5, 5.41) is 15.2. The predicted molar refractivity (Wildman–Crippen MR) is 132 cm³/mol. The van der Waals surface area contributed by atoms with Gasteiger partial charge in [0, 0.05) is 28.3 Å². The number of aryl methyl sites for hydroxylation is 1. The number of phenols is 1. The maximum absolute atomic E-state index is 10.7. The van der Waals surface area contributed by atoms with E-state index in [1.807, 2.05) is 41.3 Å². The van der Waals surface area contributed by atoms with Gasteiger partial charge in [-0.05, 0) is 73.7 Å². The molecule has 5 nitrogen and oxygen atoms in total. The van der Waals surface area contributed by atoms with Gasteiger partial charge in [0.15, 0.2) is 5.11 Å². The molecule has 2 aromatic heterocycles. The fourth-order valence-electron chi connectivity index (χ4n) is 4.32. The molecule has 0 radical (unpaired) electrons. The van der Waals surface area contributed by atoms with Crippen LogP contribution in [-0.2, 0) is 0 Å². The van der Waals surface area contributed by atoms with Crippen LogP contribution in [0.3, 0.4) is 0 Å². The average Bonchev–Trinajstić information content (AvgIpc) is 3.36. The molecule has 0 spiro atoms. The third kappa shape index (κ3) is 3.51. The minimum Gasteiger partial charge on any atom is -0.506 e. The lowest BCUT2D eigenvalue weighted by Crippen LogP contribution is -2.30. The minimum absolute atomic E-state index is 0.111. The second-order valence-corrected chi connectivity index (χ2v) is 8.52. The van der Waals surface area contributed by atoms with Gasteiger partial charge in [0.25, 0.3) is 0 Å². The third-order valence-corrected chi connectivity index (χ3v) is 6.27. The van der Waals surface area contributed by atoms with Crippen LogP contribution in [0.15, 0.2) is 85.1 Å². The van der Waals surface area contributed by atoms with Gasteiger partial charge < -0.3 is 19.9 Å². The van der Waals surface area contributed by atoms with Crippen LogP contribution >= 0.6 is 23.8 Å². The SMILES string of the molecule is Cc1ccc(C2C(c3ccccn3)NC(=S)N2c2cc(Cl)ccc2O)n1-c1ccccc1. The van der Waals surface area contributed by atoms with E-state index in [0.29, 0.717) is 15.8 Å². The van der Waals surface area contributed by atoms with Crippen LogP contribution < -0.4 is 10.2 Å². The normalized spacial score (nSPS) is 18.1. The molecule has 3 heterocycles. The number of hydrogen-bond donors (Lipinski definition) is 2. The molecular formula is C25H21ClN4OS. The molecule has 32 heavy (non-hydrogen) atoms. The Bertz CT molecular complexity index is 1280. The van der Waals surface area contributed by atoms with Crippen LogP contribution in [0.25, 0.3) is 5.69 Å². The topological polar surface area (TPSA) is 53.3 Å². The van der Waals surface area contributed by atoms with Gasteiger partial charge >= 0.3 is 0 Å². The van der Waals surface area contributed by atoms with Gasteiger partial charge in [0.2, 0.25) is 0 Å². The maximum atomic E-state index is 10.7. The van der Waals surface area contributed by atoms with Crippen LogP contribution in [0.5, 0.6) is 5.75 Å². The number of nitrogens with zero attached hydrogens (tertiary/aromatic N) is 3. The van der Waals surface area contributed by atoms with Crippen LogP contribution in [0.1, 0.15) is 29.2 Å². The van der Waals surface area contributed by atoms with E-state index in [1.165, 1.54) is 0 Å². The molecule has 2 unspecified atom stereocenters. The van der Waals surface area contributed by atoms with Crippen molar-refractivity contribution >= 4 is 34.6 Å². The molecule has 0 amide bonds. The van der Waals surface area contributed by atoms with Gasteiger partial charge in [0.05, 0.1) is 17.4 Å². The second kappa shape index (κ2) is 8.30. The summed E-state index contributed by atoms with van der Waals surface area (Å²) in [7, 11) is 0. The number of para-hydroxylation sites is 1. The minimum atomic E-state index is -0.268. The van der Waals surface area contributed by atoms with Crippen molar-refractivity contribution in [1.82, 2.24) is 14.9 Å². The average molecular weight is 461 g/mol.